The number of methoxy groups -OCH3 is 1. The topological polar surface area (TPSA) is 47.3 Å². The normalized spacial score (nSPS) is 15.4. The second kappa shape index (κ2) is 8.21. The zero-order valence-electron chi connectivity index (χ0n) is 9.94. The second-order valence-electron chi connectivity index (χ2n) is 4.14. The van der Waals surface area contributed by atoms with Crippen molar-refractivity contribution in [2.45, 2.75) is 45.1 Å². The summed E-state index contributed by atoms with van der Waals surface area (Å²) in [4.78, 5) is 0. The van der Waals surface area contributed by atoms with Gasteiger partial charge >= 0.3 is 0 Å². The van der Waals surface area contributed by atoms with Crippen LogP contribution < -0.4 is 11.1 Å². The fraction of sp³-hybridized carbons (Fsp3) is 1.00. The summed E-state index contributed by atoms with van der Waals surface area (Å²) in [6.07, 6.45) is 4.96. The van der Waals surface area contributed by atoms with E-state index >= 15 is 0 Å². The molecule has 3 heteroatoms. The van der Waals surface area contributed by atoms with Crippen LogP contribution in [-0.2, 0) is 4.74 Å². The fourth-order valence-corrected chi connectivity index (χ4v) is 1.48. The van der Waals surface area contributed by atoms with E-state index in [1.54, 1.807) is 7.11 Å². The largest absolute Gasteiger partial charge is 0.383 e. The van der Waals surface area contributed by atoms with Crippen molar-refractivity contribution in [2.75, 3.05) is 26.8 Å². The number of rotatable bonds is 9. The predicted molar refractivity (Wildman–Crippen MR) is 61.5 cm³/mol. The first kappa shape index (κ1) is 13.9. The lowest BCUT2D eigenvalue weighted by molar-refractivity contribution is 0.184. The van der Waals surface area contributed by atoms with Crippen LogP contribution in [0.3, 0.4) is 0 Å². The average molecular weight is 202 g/mol. The van der Waals surface area contributed by atoms with Crippen molar-refractivity contribution in [3.05, 3.63) is 0 Å². The van der Waals surface area contributed by atoms with Crippen LogP contribution in [-0.4, -0.2) is 32.3 Å². The Bertz CT molecular complexity index is 118. The van der Waals surface area contributed by atoms with E-state index in [0.717, 1.165) is 19.6 Å². The molecular weight excluding hydrogens is 176 g/mol. The zero-order chi connectivity index (χ0) is 10.9. The Labute approximate surface area is 88.4 Å². The maximum absolute atomic E-state index is 5.77. The number of nitrogens with one attached hydrogen (secondary N) is 1. The third kappa shape index (κ3) is 6.35. The molecule has 0 radical (unpaired) electrons. The van der Waals surface area contributed by atoms with Crippen LogP contribution in [0.5, 0.6) is 0 Å². The highest BCUT2D eigenvalue weighted by molar-refractivity contribution is 4.83. The summed E-state index contributed by atoms with van der Waals surface area (Å²) in [6, 6.07) is 0. The Morgan fingerprint density at radius 2 is 2.07 bits per heavy atom. The summed E-state index contributed by atoms with van der Waals surface area (Å²) in [5, 5.41) is 3.46. The number of hydrogen-bond acceptors (Lipinski definition) is 3. The summed E-state index contributed by atoms with van der Waals surface area (Å²) >= 11 is 0. The van der Waals surface area contributed by atoms with E-state index in [1.165, 1.54) is 19.3 Å². The molecule has 3 nitrogen and oxygen atoms in total. The van der Waals surface area contributed by atoms with E-state index in [-0.39, 0.29) is 5.54 Å². The number of hydrogen-bond donors (Lipinski definition) is 2. The summed E-state index contributed by atoms with van der Waals surface area (Å²) in [5.74, 6) is 0. The van der Waals surface area contributed by atoms with Gasteiger partial charge in [0.15, 0.2) is 0 Å². The number of nitrogens with two attached hydrogens (primary N) is 1. The molecule has 0 saturated carbocycles. The molecule has 1 atom stereocenters. The minimum atomic E-state index is 0.0910. The third-order valence-corrected chi connectivity index (χ3v) is 2.64. The monoisotopic (exact) mass is 202 g/mol. The van der Waals surface area contributed by atoms with Crippen molar-refractivity contribution in [3.8, 4) is 0 Å². The van der Waals surface area contributed by atoms with E-state index < -0.39 is 0 Å². The second-order valence-corrected chi connectivity index (χ2v) is 4.14. The summed E-state index contributed by atoms with van der Waals surface area (Å²) < 4.78 is 5.00. The molecule has 0 aliphatic heterocycles. The maximum Gasteiger partial charge on any atom is 0.0587 e. The third-order valence-electron chi connectivity index (χ3n) is 2.64. The molecular formula is C11H26N2O. The lowest BCUT2D eigenvalue weighted by Crippen LogP contribution is -2.49. The first-order valence-electron chi connectivity index (χ1n) is 5.62. The lowest BCUT2D eigenvalue weighted by atomic mass is 9.94. The molecule has 3 N–H and O–H groups in total. The quantitative estimate of drug-likeness (QED) is 0.557. The average Bonchev–Trinajstić information content (AvgIpc) is 2.19. The molecule has 0 heterocycles. The van der Waals surface area contributed by atoms with Gasteiger partial charge in [-0.1, -0.05) is 26.2 Å². The van der Waals surface area contributed by atoms with E-state index in [9.17, 15) is 0 Å². The van der Waals surface area contributed by atoms with Gasteiger partial charge in [0.2, 0.25) is 0 Å². The van der Waals surface area contributed by atoms with Crippen LogP contribution in [0.2, 0.25) is 0 Å². The molecule has 0 aromatic heterocycles. The Hall–Kier alpha value is -0.120. The maximum atomic E-state index is 5.77. The van der Waals surface area contributed by atoms with Crippen LogP contribution in [0.25, 0.3) is 0 Å². The molecule has 0 amide bonds. The van der Waals surface area contributed by atoms with Crippen LogP contribution in [0.15, 0.2) is 0 Å². The number of unbranched alkanes of at least 4 members (excludes halogenated alkanes) is 2. The van der Waals surface area contributed by atoms with Gasteiger partial charge < -0.3 is 15.8 Å². The van der Waals surface area contributed by atoms with E-state index in [1.807, 2.05) is 0 Å². The van der Waals surface area contributed by atoms with Crippen molar-refractivity contribution < 1.29 is 4.74 Å². The molecule has 14 heavy (non-hydrogen) atoms. The molecule has 0 aromatic carbocycles. The molecule has 0 aromatic rings. The van der Waals surface area contributed by atoms with Gasteiger partial charge in [-0.25, -0.2) is 0 Å². The van der Waals surface area contributed by atoms with Gasteiger partial charge in [0.1, 0.15) is 0 Å². The van der Waals surface area contributed by atoms with Crippen molar-refractivity contribution in [1.82, 2.24) is 5.32 Å². The van der Waals surface area contributed by atoms with Crippen molar-refractivity contribution in [3.63, 3.8) is 0 Å². The summed E-state index contributed by atoms with van der Waals surface area (Å²) in [7, 11) is 1.72. The molecule has 0 saturated heterocycles. The van der Waals surface area contributed by atoms with Gasteiger partial charge in [0.25, 0.3) is 0 Å². The standard InChI is InChI=1S/C11H26N2O/c1-4-5-6-7-11(2,10-12)13-8-9-14-3/h13H,4-10,12H2,1-3H3. The van der Waals surface area contributed by atoms with Crippen LogP contribution in [0.4, 0.5) is 0 Å². The molecule has 0 aliphatic rings. The van der Waals surface area contributed by atoms with Crippen molar-refractivity contribution in [1.29, 1.82) is 0 Å². The van der Waals surface area contributed by atoms with Crippen LogP contribution in [0.1, 0.15) is 39.5 Å². The van der Waals surface area contributed by atoms with Gasteiger partial charge in [-0.15, -0.1) is 0 Å². The molecule has 0 spiro atoms. The zero-order valence-corrected chi connectivity index (χ0v) is 9.94. The molecule has 86 valence electrons. The predicted octanol–water partition coefficient (Wildman–Crippen LogP) is 1.52. The molecule has 0 rings (SSSR count). The highest BCUT2D eigenvalue weighted by Gasteiger charge is 2.20. The van der Waals surface area contributed by atoms with E-state index in [0.29, 0.717) is 6.54 Å². The van der Waals surface area contributed by atoms with Crippen molar-refractivity contribution in [2.24, 2.45) is 5.73 Å². The van der Waals surface area contributed by atoms with Crippen molar-refractivity contribution >= 4 is 0 Å². The lowest BCUT2D eigenvalue weighted by Gasteiger charge is -2.29. The van der Waals surface area contributed by atoms with Crippen LogP contribution in [0, 0.1) is 0 Å². The van der Waals surface area contributed by atoms with E-state index in [2.05, 4.69) is 19.2 Å². The molecule has 1 unspecified atom stereocenters. The van der Waals surface area contributed by atoms with Gasteiger partial charge in [0, 0.05) is 25.7 Å². The minimum absolute atomic E-state index is 0.0910. The van der Waals surface area contributed by atoms with Gasteiger partial charge in [-0.3, -0.25) is 0 Å². The Morgan fingerprint density at radius 1 is 1.36 bits per heavy atom. The van der Waals surface area contributed by atoms with Crippen LogP contribution >= 0.6 is 0 Å². The summed E-state index contributed by atoms with van der Waals surface area (Å²) in [6.45, 7) is 6.75. The summed E-state index contributed by atoms with van der Waals surface area (Å²) in [5.41, 5.74) is 5.86. The van der Waals surface area contributed by atoms with E-state index in [4.69, 9.17) is 10.5 Å². The smallest absolute Gasteiger partial charge is 0.0587 e. The Morgan fingerprint density at radius 3 is 2.57 bits per heavy atom. The molecule has 0 fully saturated rings. The molecule has 0 aliphatic carbocycles. The number of ether oxygens (including phenoxy) is 1. The minimum Gasteiger partial charge on any atom is -0.383 e. The van der Waals surface area contributed by atoms with Gasteiger partial charge in [-0.05, 0) is 13.3 Å². The molecule has 0 bridgehead atoms. The van der Waals surface area contributed by atoms with Gasteiger partial charge in [0.05, 0.1) is 6.61 Å². The highest BCUT2D eigenvalue weighted by Crippen LogP contribution is 2.13. The Kier molecular flexibility index (Phi) is 8.14. The Balaban J connectivity index is 3.67. The first-order valence-corrected chi connectivity index (χ1v) is 5.62. The van der Waals surface area contributed by atoms with Gasteiger partial charge in [-0.2, -0.15) is 0 Å². The first-order chi connectivity index (χ1) is 6.68. The fourth-order valence-electron chi connectivity index (χ4n) is 1.48. The SMILES string of the molecule is CCCCCC(C)(CN)NCCOC. The highest BCUT2D eigenvalue weighted by atomic mass is 16.5.